The number of rotatable bonds is 4. The lowest BCUT2D eigenvalue weighted by molar-refractivity contribution is -0.141. The Balaban J connectivity index is 2.44. The number of nitrogens with zero attached hydrogens (tertiary/aromatic N) is 1. The minimum absolute atomic E-state index is 0.319. The molecule has 7 nitrogen and oxygen atoms in total. The van der Waals surface area contributed by atoms with Crippen LogP contribution in [0.4, 0.5) is 5.69 Å². The second-order valence-corrected chi connectivity index (χ2v) is 6.45. The maximum absolute atomic E-state index is 12.0. The van der Waals surface area contributed by atoms with Crippen molar-refractivity contribution >= 4 is 21.7 Å². The van der Waals surface area contributed by atoms with Crippen LogP contribution in [0.1, 0.15) is 6.92 Å². The molecule has 1 aliphatic heterocycles. The van der Waals surface area contributed by atoms with Crippen LogP contribution in [0.5, 0.6) is 11.5 Å². The highest BCUT2D eigenvalue weighted by atomic mass is 32.2. The van der Waals surface area contributed by atoms with Crippen LogP contribution in [0, 0.1) is 0 Å². The fourth-order valence-electron chi connectivity index (χ4n) is 2.14. The van der Waals surface area contributed by atoms with E-state index < -0.39 is 22.0 Å². The van der Waals surface area contributed by atoms with Gasteiger partial charge in [0.25, 0.3) is 0 Å². The molecule has 116 valence electrons. The van der Waals surface area contributed by atoms with E-state index in [1.54, 1.807) is 12.1 Å². The Kier molecular flexibility index (Phi) is 4.26. The molecule has 2 rings (SSSR count). The van der Waals surface area contributed by atoms with E-state index >= 15 is 0 Å². The van der Waals surface area contributed by atoms with Gasteiger partial charge in [-0.1, -0.05) is 0 Å². The molecule has 0 N–H and O–H groups in total. The van der Waals surface area contributed by atoms with E-state index in [2.05, 4.69) is 4.74 Å². The number of benzene rings is 1. The van der Waals surface area contributed by atoms with Crippen molar-refractivity contribution in [2.45, 2.75) is 13.0 Å². The molecule has 1 aromatic carbocycles. The lowest BCUT2D eigenvalue weighted by Gasteiger charge is -2.28. The zero-order chi connectivity index (χ0) is 15.6. The van der Waals surface area contributed by atoms with Crippen LogP contribution in [0.2, 0.25) is 0 Å². The number of carbonyl (C=O) groups excluding carboxylic acids is 1. The van der Waals surface area contributed by atoms with Crippen LogP contribution in [-0.2, 0) is 19.6 Å². The normalized spacial score (nSPS) is 15.2. The third-order valence-electron chi connectivity index (χ3n) is 3.03. The number of methoxy groups -OCH3 is 1. The average molecular weight is 315 g/mol. The molecule has 0 fully saturated rings. The summed E-state index contributed by atoms with van der Waals surface area (Å²) in [5.74, 6) is 0.351. The van der Waals surface area contributed by atoms with Gasteiger partial charge < -0.3 is 14.2 Å². The predicted octanol–water partition coefficient (Wildman–Crippen LogP) is 0.785. The van der Waals surface area contributed by atoms with Crippen LogP contribution < -0.4 is 13.8 Å². The molecule has 1 unspecified atom stereocenters. The summed E-state index contributed by atoms with van der Waals surface area (Å²) >= 11 is 0. The Morgan fingerprint density at radius 2 is 1.90 bits per heavy atom. The maximum atomic E-state index is 12.0. The second kappa shape index (κ2) is 5.80. The molecule has 0 saturated heterocycles. The number of esters is 1. The molecule has 1 heterocycles. The first kappa shape index (κ1) is 15.4. The second-order valence-electron chi connectivity index (χ2n) is 4.59. The van der Waals surface area contributed by atoms with Crippen molar-refractivity contribution in [3.8, 4) is 11.5 Å². The molecule has 1 aliphatic rings. The van der Waals surface area contributed by atoms with Gasteiger partial charge in [0.05, 0.1) is 19.1 Å². The maximum Gasteiger partial charge on any atom is 0.329 e. The van der Waals surface area contributed by atoms with Crippen molar-refractivity contribution in [2.24, 2.45) is 0 Å². The summed E-state index contributed by atoms with van der Waals surface area (Å²) in [6, 6.07) is 3.74. The van der Waals surface area contributed by atoms with Gasteiger partial charge in [-0.05, 0) is 19.1 Å². The van der Waals surface area contributed by atoms with Gasteiger partial charge >= 0.3 is 5.97 Å². The predicted molar refractivity (Wildman–Crippen MR) is 76.2 cm³/mol. The monoisotopic (exact) mass is 315 g/mol. The highest BCUT2D eigenvalue weighted by Gasteiger charge is 2.30. The number of ether oxygens (including phenoxy) is 3. The minimum Gasteiger partial charge on any atom is -0.486 e. The molecular formula is C13H17NO6S. The Hall–Kier alpha value is -1.96. The van der Waals surface area contributed by atoms with E-state index in [1.807, 2.05) is 0 Å². The molecule has 0 aromatic heterocycles. The van der Waals surface area contributed by atoms with Crippen LogP contribution in [0.15, 0.2) is 18.2 Å². The first-order valence-electron chi connectivity index (χ1n) is 6.31. The summed E-state index contributed by atoms with van der Waals surface area (Å²) in [7, 11) is -2.45. The smallest absolute Gasteiger partial charge is 0.329 e. The van der Waals surface area contributed by atoms with E-state index in [0.717, 1.165) is 10.6 Å². The summed E-state index contributed by atoms with van der Waals surface area (Å²) in [4.78, 5) is 11.7. The van der Waals surface area contributed by atoms with Gasteiger partial charge in [0.15, 0.2) is 11.5 Å². The number of hydrogen-bond donors (Lipinski definition) is 0. The topological polar surface area (TPSA) is 82.1 Å². The van der Waals surface area contributed by atoms with E-state index in [4.69, 9.17) is 9.47 Å². The third-order valence-corrected chi connectivity index (χ3v) is 4.27. The molecule has 1 atom stereocenters. The van der Waals surface area contributed by atoms with Gasteiger partial charge in [-0.15, -0.1) is 0 Å². The Morgan fingerprint density at radius 1 is 1.29 bits per heavy atom. The molecule has 0 amide bonds. The number of hydrogen-bond acceptors (Lipinski definition) is 6. The van der Waals surface area contributed by atoms with Gasteiger partial charge in [-0.3, -0.25) is 4.31 Å². The first-order chi connectivity index (χ1) is 9.84. The van der Waals surface area contributed by atoms with Gasteiger partial charge in [-0.2, -0.15) is 0 Å². The quantitative estimate of drug-likeness (QED) is 0.764. The summed E-state index contributed by atoms with van der Waals surface area (Å²) in [5.41, 5.74) is 0.319. The van der Waals surface area contributed by atoms with Gasteiger partial charge in [-0.25, -0.2) is 13.2 Å². The molecule has 0 bridgehead atoms. The molecule has 21 heavy (non-hydrogen) atoms. The highest BCUT2D eigenvalue weighted by Crippen LogP contribution is 2.35. The molecule has 8 heteroatoms. The summed E-state index contributed by atoms with van der Waals surface area (Å²) in [6.07, 6.45) is 1.03. The Morgan fingerprint density at radius 3 is 2.48 bits per heavy atom. The van der Waals surface area contributed by atoms with E-state index in [1.165, 1.54) is 20.1 Å². The van der Waals surface area contributed by atoms with Gasteiger partial charge in [0, 0.05) is 6.07 Å². The molecule has 0 spiro atoms. The fourth-order valence-corrected chi connectivity index (χ4v) is 3.29. The number of fused-ring (bicyclic) bond motifs is 1. The van der Waals surface area contributed by atoms with Crippen LogP contribution in [0.3, 0.4) is 0 Å². The zero-order valence-corrected chi connectivity index (χ0v) is 12.8. The lowest BCUT2D eigenvalue weighted by atomic mass is 10.2. The van der Waals surface area contributed by atoms with Crippen LogP contribution in [-0.4, -0.2) is 47.0 Å². The van der Waals surface area contributed by atoms with E-state index in [9.17, 15) is 13.2 Å². The number of carbonyl (C=O) groups is 1. The van der Waals surface area contributed by atoms with Crippen molar-refractivity contribution in [2.75, 3.05) is 30.9 Å². The van der Waals surface area contributed by atoms with Crippen LogP contribution >= 0.6 is 0 Å². The Bertz CT molecular complexity index is 642. The highest BCUT2D eigenvalue weighted by molar-refractivity contribution is 7.92. The molecule has 1 aromatic rings. The van der Waals surface area contributed by atoms with Gasteiger partial charge in [0.1, 0.15) is 19.3 Å². The largest absolute Gasteiger partial charge is 0.486 e. The number of sulfonamides is 1. The third kappa shape index (κ3) is 3.21. The standard InChI is InChI=1S/C13H17NO6S/c1-9(13(15)18-2)14(21(3,16)17)10-4-5-11-12(8-10)20-7-6-19-11/h4-5,8-9H,6-7H2,1-3H3. The Labute approximate surface area is 123 Å². The minimum atomic E-state index is -3.66. The summed E-state index contributed by atoms with van der Waals surface area (Å²) < 4.78 is 40.5. The molecule has 0 radical (unpaired) electrons. The van der Waals surface area contributed by atoms with Crippen molar-refractivity contribution in [3.63, 3.8) is 0 Å². The average Bonchev–Trinajstić information content (AvgIpc) is 2.44. The summed E-state index contributed by atoms with van der Waals surface area (Å²) in [6.45, 7) is 2.30. The van der Waals surface area contributed by atoms with Crippen molar-refractivity contribution in [1.82, 2.24) is 0 Å². The zero-order valence-electron chi connectivity index (χ0n) is 12.0. The van der Waals surface area contributed by atoms with Crippen molar-refractivity contribution in [3.05, 3.63) is 18.2 Å². The van der Waals surface area contributed by atoms with E-state index in [-0.39, 0.29) is 0 Å². The van der Waals surface area contributed by atoms with Crippen molar-refractivity contribution in [1.29, 1.82) is 0 Å². The molecule has 0 saturated carbocycles. The van der Waals surface area contributed by atoms with E-state index in [0.29, 0.717) is 30.4 Å². The molecule has 0 aliphatic carbocycles. The lowest BCUT2D eigenvalue weighted by Crippen LogP contribution is -2.43. The number of anilines is 1. The summed E-state index contributed by atoms with van der Waals surface area (Å²) in [5, 5.41) is 0. The van der Waals surface area contributed by atoms with Crippen LogP contribution in [0.25, 0.3) is 0 Å². The molecular weight excluding hydrogens is 298 g/mol. The first-order valence-corrected chi connectivity index (χ1v) is 8.16. The fraction of sp³-hybridized carbons (Fsp3) is 0.462. The van der Waals surface area contributed by atoms with Crippen molar-refractivity contribution < 1.29 is 27.4 Å². The van der Waals surface area contributed by atoms with Gasteiger partial charge in [0.2, 0.25) is 10.0 Å². The SMILES string of the molecule is COC(=O)C(C)N(c1ccc2c(c1)OCCO2)S(C)(=O)=O.